The third-order valence-electron chi connectivity index (χ3n) is 2.43. The van der Waals surface area contributed by atoms with Gasteiger partial charge in [0.1, 0.15) is 5.03 Å². The first-order chi connectivity index (χ1) is 8.85. The molecule has 5 heteroatoms. The molecular weight excluding hydrogens is 246 g/mol. The van der Waals surface area contributed by atoms with E-state index in [4.69, 9.17) is 5.11 Å². The molecule has 0 fully saturated rings. The molecule has 4 nitrogen and oxygen atoms in total. The van der Waals surface area contributed by atoms with Crippen LogP contribution in [-0.4, -0.2) is 34.0 Å². The van der Waals surface area contributed by atoms with Gasteiger partial charge in [-0.15, -0.1) is 11.8 Å². The van der Waals surface area contributed by atoms with Crippen molar-refractivity contribution in [2.24, 2.45) is 0 Å². The highest BCUT2D eigenvalue weighted by Crippen LogP contribution is 2.26. The zero-order valence-electron chi connectivity index (χ0n) is 10.4. The second kappa shape index (κ2) is 6.56. The van der Waals surface area contributed by atoms with Crippen LogP contribution in [0.5, 0.6) is 0 Å². The van der Waals surface area contributed by atoms with Gasteiger partial charge in [0.05, 0.1) is 12.1 Å². The first-order valence-corrected chi connectivity index (χ1v) is 7.08. The Balaban J connectivity index is 2.36. The van der Waals surface area contributed by atoms with Gasteiger partial charge in [0.25, 0.3) is 0 Å². The van der Waals surface area contributed by atoms with E-state index in [1.165, 1.54) is 0 Å². The van der Waals surface area contributed by atoms with Crippen LogP contribution in [0.25, 0.3) is 10.9 Å². The summed E-state index contributed by atoms with van der Waals surface area (Å²) in [6.45, 7) is 3.12. The number of thioether (sulfide) groups is 1. The van der Waals surface area contributed by atoms with Gasteiger partial charge in [-0.25, -0.2) is 9.97 Å². The van der Waals surface area contributed by atoms with E-state index >= 15 is 0 Å². The molecule has 0 aliphatic carbocycles. The number of para-hydroxylation sites is 1. The molecule has 0 unspecified atom stereocenters. The van der Waals surface area contributed by atoms with E-state index in [9.17, 15) is 0 Å². The molecular formula is C13H17N3OS. The molecule has 1 aromatic heterocycles. The van der Waals surface area contributed by atoms with Crippen molar-refractivity contribution < 1.29 is 5.11 Å². The fourth-order valence-corrected chi connectivity index (χ4v) is 2.38. The van der Waals surface area contributed by atoms with Crippen molar-refractivity contribution in [1.82, 2.24) is 9.97 Å². The lowest BCUT2D eigenvalue weighted by Crippen LogP contribution is -2.05. The second-order valence-electron chi connectivity index (χ2n) is 3.87. The van der Waals surface area contributed by atoms with Gasteiger partial charge in [0.2, 0.25) is 5.95 Å². The van der Waals surface area contributed by atoms with Crippen LogP contribution in [0.3, 0.4) is 0 Å². The van der Waals surface area contributed by atoms with Gasteiger partial charge >= 0.3 is 0 Å². The SMILES string of the molecule is CCCNc1nc(SCCO)c2ccccc2n1. The summed E-state index contributed by atoms with van der Waals surface area (Å²) in [4.78, 5) is 8.99. The molecule has 2 N–H and O–H groups in total. The number of rotatable bonds is 6. The number of nitrogens with zero attached hydrogens (tertiary/aromatic N) is 2. The third kappa shape index (κ3) is 3.11. The minimum atomic E-state index is 0.153. The molecule has 0 bridgehead atoms. The summed E-state index contributed by atoms with van der Waals surface area (Å²) in [5, 5.41) is 14.1. The highest BCUT2D eigenvalue weighted by atomic mass is 32.2. The molecule has 1 heterocycles. The monoisotopic (exact) mass is 263 g/mol. The van der Waals surface area contributed by atoms with Crippen LogP contribution in [0.2, 0.25) is 0 Å². The summed E-state index contributed by atoms with van der Waals surface area (Å²) in [5.74, 6) is 1.31. The van der Waals surface area contributed by atoms with Crippen molar-refractivity contribution in [2.45, 2.75) is 18.4 Å². The first-order valence-electron chi connectivity index (χ1n) is 6.09. The van der Waals surface area contributed by atoms with Gasteiger partial charge in [-0.3, -0.25) is 0 Å². The summed E-state index contributed by atoms with van der Waals surface area (Å²) < 4.78 is 0. The lowest BCUT2D eigenvalue weighted by Gasteiger charge is -2.08. The number of anilines is 1. The molecule has 0 amide bonds. The van der Waals surface area contributed by atoms with E-state index in [0.717, 1.165) is 28.9 Å². The summed E-state index contributed by atoms with van der Waals surface area (Å²) >= 11 is 1.56. The zero-order chi connectivity index (χ0) is 12.8. The molecule has 0 saturated carbocycles. The van der Waals surface area contributed by atoms with Crippen molar-refractivity contribution >= 4 is 28.6 Å². The van der Waals surface area contributed by atoms with E-state index in [2.05, 4.69) is 22.2 Å². The normalized spacial score (nSPS) is 10.8. The Morgan fingerprint density at radius 3 is 2.89 bits per heavy atom. The molecule has 1 aromatic carbocycles. The van der Waals surface area contributed by atoms with Gasteiger partial charge in [0, 0.05) is 17.7 Å². The van der Waals surface area contributed by atoms with Gasteiger partial charge in [-0.1, -0.05) is 25.1 Å². The highest BCUT2D eigenvalue weighted by Gasteiger charge is 2.07. The maximum atomic E-state index is 8.93. The largest absolute Gasteiger partial charge is 0.396 e. The van der Waals surface area contributed by atoms with Crippen LogP contribution < -0.4 is 5.32 Å². The number of hydrogen-bond acceptors (Lipinski definition) is 5. The van der Waals surface area contributed by atoms with Crippen LogP contribution in [0.15, 0.2) is 29.3 Å². The minimum Gasteiger partial charge on any atom is -0.396 e. The van der Waals surface area contributed by atoms with Crippen molar-refractivity contribution in [1.29, 1.82) is 0 Å². The number of aliphatic hydroxyl groups excluding tert-OH is 1. The average Bonchev–Trinajstić information content (AvgIpc) is 2.42. The number of fused-ring (bicyclic) bond motifs is 1. The van der Waals surface area contributed by atoms with E-state index < -0.39 is 0 Å². The molecule has 0 spiro atoms. The summed E-state index contributed by atoms with van der Waals surface area (Å²) in [7, 11) is 0. The van der Waals surface area contributed by atoms with E-state index in [1.807, 2.05) is 24.3 Å². The maximum Gasteiger partial charge on any atom is 0.224 e. The van der Waals surface area contributed by atoms with E-state index in [-0.39, 0.29) is 6.61 Å². The molecule has 0 aliphatic rings. The smallest absolute Gasteiger partial charge is 0.224 e. The van der Waals surface area contributed by atoms with Crippen LogP contribution in [0, 0.1) is 0 Å². The lowest BCUT2D eigenvalue weighted by atomic mass is 10.2. The van der Waals surface area contributed by atoms with Crippen molar-refractivity contribution in [3.05, 3.63) is 24.3 Å². The molecule has 0 radical (unpaired) electrons. The lowest BCUT2D eigenvalue weighted by molar-refractivity contribution is 0.322. The zero-order valence-corrected chi connectivity index (χ0v) is 11.2. The minimum absolute atomic E-state index is 0.153. The van der Waals surface area contributed by atoms with Crippen LogP contribution in [-0.2, 0) is 0 Å². The Bertz CT molecular complexity index is 519. The number of aliphatic hydroxyl groups is 1. The molecule has 2 rings (SSSR count). The first kappa shape index (κ1) is 13.1. The van der Waals surface area contributed by atoms with Gasteiger partial charge < -0.3 is 10.4 Å². The molecule has 96 valence electrons. The summed E-state index contributed by atoms with van der Waals surface area (Å²) in [5.41, 5.74) is 0.937. The van der Waals surface area contributed by atoms with Crippen LogP contribution in [0.1, 0.15) is 13.3 Å². The van der Waals surface area contributed by atoms with Crippen molar-refractivity contribution in [2.75, 3.05) is 24.2 Å². The maximum absolute atomic E-state index is 8.93. The Kier molecular flexibility index (Phi) is 4.78. The topological polar surface area (TPSA) is 58.0 Å². The predicted molar refractivity (Wildman–Crippen MR) is 76.1 cm³/mol. The summed E-state index contributed by atoms with van der Waals surface area (Å²) in [6.07, 6.45) is 1.04. The van der Waals surface area contributed by atoms with E-state index in [0.29, 0.717) is 11.7 Å². The predicted octanol–water partition coefficient (Wildman–Crippen LogP) is 2.54. The van der Waals surface area contributed by atoms with Crippen LogP contribution in [0.4, 0.5) is 5.95 Å². The second-order valence-corrected chi connectivity index (χ2v) is 4.95. The third-order valence-corrected chi connectivity index (χ3v) is 3.40. The fourth-order valence-electron chi connectivity index (χ4n) is 1.62. The number of benzene rings is 1. The van der Waals surface area contributed by atoms with E-state index in [1.54, 1.807) is 11.8 Å². The van der Waals surface area contributed by atoms with Gasteiger partial charge in [-0.05, 0) is 12.5 Å². The van der Waals surface area contributed by atoms with Crippen molar-refractivity contribution in [3.63, 3.8) is 0 Å². The Morgan fingerprint density at radius 2 is 2.11 bits per heavy atom. The van der Waals surface area contributed by atoms with Crippen molar-refractivity contribution in [3.8, 4) is 0 Å². The van der Waals surface area contributed by atoms with Gasteiger partial charge in [-0.2, -0.15) is 0 Å². The highest BCUT2D eigenvalue weighted by molar-refractivity contribution is 7.99. The van der Waals surface area contributed by atoms with Crippen LogP contribution >= 0.6 is 11.8 Å². The molecule has 0 atom stereocenters. The molecule has 2 aromatic rings. The molecule has 18 heavy (non-hydrogen) atoms. The number of nitrogens with one attached hydrogen (secondary N) is 1. The fraction of sp³-hybridized carbons (Fsp3) is 0.385. The number of hydrogen-bond donors (Lipinski definition) is 2. The Hall–Kier alpha value is -1.33. The van der Waals surface area contributed by atoms with Gasteiger partial charge in [0.15, 0.2) is 0 Å². The number of aromatic nitrogens is 2. The Morgan fingerprint density at radius 1 is 1.28 bits per heavy atom. The molecule has 0 saturated heterocycles. The quantitative estimate of drug-likeness (QED) is 0.619. The molecule has 0 aliphatic heterocycles. The Labute approximate surface area is 111 Å². The average molecular weight is 263 g/mol. The standard InChI is InChI=1S/C13H17N3OS/c1-2-7-14-13-15-11-6-4-3-5-10(11)12(16-13)18-9-8-17/h3-6,17H,2,7-9H2,1H3,(H,14,15,16). The summed E-state index contributed by atoms with van der Waals surface area (Å²) in [6, 6.07) is 7.95.